The molecule has 0 aliphatic heterocycles. The second kappa shape index (κ2) is 8.46. The molecule has 0 bridgehead atoms. The van der Waals surface area contributed by atoms with E-state index in [1.807, 2.05) is 0 Å². The van der Waals surface area contributed by atoms with Gasteiger partial charge in [-0.15, -0.1) is 0 Å². The summed E-state index contributed by atoms with van der Waals surface area (Å²) in [6.45, 7) is 7.79. The first-order valence-corrected chi connectivity index (χ1v) is 9.27. The first-order valence-electron chi connectivity index (χ1n) is 9.27. The average Bonchev–Trinajstić information content (AvgIpc) is 3.41. The zero-order chi connectivity index (χ0) is 16.8. The summed E-state index contributed by atoms with van der Waals surface area (Å²) in [6.07, 6.45) is 2.70. The van der Waals surface area contributed by atoms with Crippen LogP contribution in [-0.4, -0.2) is 23.5 Å². The molecule has 2 heteroatoms. The van der Waals surface area contributed by atoms with Crippen LogP contribution in [0.25, 0.3) is 0 Å². The van der Waals surface area contributed by atoms with Gasteiger partial charge in [-0.05, 0) is 29.9 Å². The van der Waals surface area contributed by atoms with Crippen molar-refractivity contribution in [3.63, 3.8) is 0 Å². The Bertz CT molecular complexity index is 548. The van der Waals surface area contributed by atoms with Gasteiger partial charge in [0.05, 0.1) is 0 Å². The van der Waals surface area contributed by atoms with Crippen LogP contribution in [0.4, 0.5) is 0 Å². The summed E-state index contributed by atoms with van der Waals surface area (Å²) in [5, 5.41) is 3.75. The first kappa shape index (κ1) is 17.2. The second-order valence-corrected chi connectivity index (χ2v) is 7.37. The Morgan fingerprint density at radius 1 is 0.875 bits per heavy atom. The highest BCUT2D eigenvalue weighted by Crippen LogP contribution is 2.22. The molecule has 1 aliphatic rings. The highest BCUT2D eigenvalue weighted by Gasteiger charge is 2.26. The number of hydrogen-bond acceptors (Lipinski definition) is 2. The molecule has 1 aliphatic carbocycles. The Kier molecular flexibility index (Phi) is 6.06. The van der Waals surface area contributed by atoms with Crippen molar-refractivity contribution < 1.29 is 0 Å². The van der Waals surface area contributed by atoms with Crippen molar-refractivity contribution in [1.82, 2.24) is 10.2 Å². The van der Waals surface area contributed by atoms with Crippen LogP contribution in [0.15, 0.2) is 60.7 Å². The maximum absolute atomic E-state index is 3.75. The molecule has 2 aromatic rings. The molecule has 1 saturated carbocycles. The predicted molar refractivity (Wildman–Crippen MR) is 102 cm³/mol. The SMILES string of the molecule is CC(C)C(CNC1CC1)N(Cc1ccccc1)Cc1ccccc1. The summed E-state index contributed by atoms with van der Waals surface area (Å²) in [5.41, 5.74) is 2.79. The summed E-state index contributed by atoms with van der Waals surface area (Å²) in [5.74, 6) is 0.628. The Morgan fingerprint density at radius 3 is 1.79 bits per heavy atom. The lowest BCUT2D eigenvalue weighted by Gasteiger charge is -2.35. The summed E-state index contributed by atoms with van der Waals surface area (Å²) in [7, 11) is 0. The van der Waals surface area contributed by atoms with E-state index in [2.05, 4.69) is 84.7 Å². The lowest BCUT2D eigenvalue weighted by Crippen LogP contribution is -2.45. The van der Waals surface area contributed by atoms with Gasteiger partial charge in [0.25, 0.3) is 0 Å². The summed E-state index contributed by atoms with van der Waals surface area (Å²) < 4.78 is 0. The van der Waals surface area contributed by atoms with Crippen molar-refractivity contribution in [3.8, 4) is 0 Å². The van der Waals surface area contributed by atoms with Gasteiger partial charge in [-0.3, -0.25) is 4.90 Å². The first-order chi connectivity index (χ1) is 11.7. The zero-order valence-corrected chi connectivity index (χ0v) is 15.0. The lowest BCUT2D eigenvalue weighted by molar-refractivity contribution is 0.134. The van der Waals surface area contributed by atoms with E-state index in [4.69, 9.17) is 0 Å². The minimum Gasteiger partial charge on any atom is -0.312 e. The standard InChI is InChI=1S/C22H30N2/c1-18(2)22(15-23-21-13-14-21)24(16-19-9-5-3-6-10-19)17-20-11-7-4-8-12-20/h3-12,18,21-23H,13-17H2,1-2H3. The molecule has 128 valence electrons. The minimum absolute atomic E-state index is 0.547. The molecule has 3 rings (SSSR count). The van der Waals surface area contributed by atoms with E-state index in [-0.39, 0.29) is 0 Å². The molecule has 0 radical (unpaired) electrons. The van der Waals surface area contributed by atoms with E-state index < -0.39 is 0 Å². The van der Waals surface area contributed by atoms with Gasteiger partial charge in [-0.25, -0.2) is 0 Å². The van der Waals surface area contributed by atoms with Crippen LogP contribution in [0.2, 0.25) is 0 Å². The maximum atomic E-state index is 3.75. The molecule has 0 amide bonds. The summed E-state index contributed by atoms with van der Waals surface area (Å²) in [4.78, 5) is 2.64. The van der Waals surface area contributed by atoms with E-state index in [9.17, 15) is 0 Å². The van der Waals surface area contributed by atoms with E-state index in [0.717, 1.165) is 25.7 Å². The van der Waals surface area contributed by atoms with Gasteiger partial charge in [0, 0.05) is 31.7 Å². The number of benzene rings is 2. The smallest absolute Gasteiger partial charge is 0.0250 e. The van der Waals surface area contributed by atoms with E-state index in [1.54, 1.807) is 0 Å². The van der Waals surface area contributed by atoms with Crippen LogP contribution in [0.5, 0.6) is 0 Å². The van der Waals surface area contributed by atoms with Crippen LogP contribution in [0, 0.1) is 5.92 Å². The van der Waals surface area contributed by atoms with Gasteiger partial charge in [-0.2, -0.15) is 0 Å². The van der Waals surface area contributed by atoms with Gasteiger partial charge >= 0.3 is 0 Å². The lowest BCUT2D eigenvalue weighted by atomic mass is 10.00. The molecule has 1 fully saturated rings. The molecular weight excluding hydrogens is 292 g/mol. The predicted octanol–water partition coefficient (Wildman–Crippen LogP) is 4.47. The van der Waals surface area contributed by atoms with Crippen LogP contribution < -0.4 is 5.32 Å². The molecule has 2 aromatic carbocycles. The minimum atomic E-state index is 0.547. The second-order valence-electron chi connectivity index (χ2n) is 7.37. The van der Waals surface area contributed by atoms with Crippen molar-refractivity contribution in [1.29, 1.82) is 0 Å². The molecule has 0 heterocycles. The Hall–Kier alpha value is -1.64. The van der Waals surface area contributed by atoms with Crippen LogP contribution >= 0.6 is 0 Å². The molecule has 1 N–H and O–H groups in total. The van der Waals surface area contributed by atoms with E-state index >= 15 is 0 Å². The Morgan fingerprint density at radius 2 is 1.38 bits per heavy atom. The largest absolute Gasteiger partial charge is 0.312 e. The van der Waals surface area contributed by atoms with Crippen LogP contribution in [-0.2, 0) is 13.1 Å². The van der Waals surface area contributed by atoms with Gasteiger partial charge in [-0.1, -0.05) is 74.5 Å². The van der Waals surface area contributed by atoms with Gasteiger partial charge in [0.15, 0.2) is 0 Å². The molecule has 2 nitrogen and oxygen atoms in total. The third-order valence-corrected chi connectivity index (χ3v) is 4.89. The molecule has 1 unspecified atom stereocenters. The monoisotopic (exact) mass is 322 g/mol. The van der Waals surface area contributed by atoms with Crippen molar-refractivity contribution in [3.05, 3.63) is 71.8 Å². The molecule has 0 saturated heterocycles. The van der Waals surface area contributed by atoms with Crippen molar-refractivity contribution >= 4 is 0 Å². The van der Waals surface area contributed by atoms with Gasteiger partial charge in [0.1, 0.15) is 0 Å². The van der Waals surface area contributed by atoms with E-state index in [1.165, 1.54) is 24.0 Å². The highest BCUT2D eigenvalue weighted by atomic mass is 15.2. The number of rotatable bonds is 9. The molecule has 0 spiro atoms. The number of nitrogens with one attached hydrogen (secondary N) is 1. The van der Waals surface area contributed by atoms with Crippen LogP contribution in [0.1, 0.15) is 37.8 Å². The fourth-order valence-corrected chi connectivity index (χ4v) is 3.29. The van der Waals surface area contributed by atoms with Crippen molar-refractivity contribution in [2.75, 3.05) is 6.54 Å². The van der Waals surface area contributed by atoms with Gasteiger partial charge < -0.3 is 5.32 Å². The van der Waals surface area contributed by atoms with E-state index in [0.29, 0.717) is 12.0 Å². The summed E-state index contributed by atoms with van der Waals surface area (Å²) >= 11 is 0. The highest BCUT2D eigenvalue weighted by molar-refractivity contribution is 5.17. The van der Waals surface area contributed by atoms with Crippen molar-refractivity contribution in [2.24, 2.45) is 5.92 Å². The third-order valence-electron chi connectivity index (χ3n) is 4.89. The normalized spacial score (nSPS) is 15.8. The number of hydrogen-bond donors (Lipinski definition) is 1. The van der Waals surface area contributed by atoms with Gasteiger partial charge in [0.2, 0.25) is 0 Å². The average molecular weight is 322 g/mol. The maximum Gasteiger partial charge on any atom is 0.0250 e. The Balaban J connectivity index is 1.75. The Labute approximate surface area is 146 Å². The number of nitrogens with zero attached hydrogens (tertiary/aromatic N) is 1. The fraction of sp³-hybridized carbons (Fsp3) is 0.455. The van der Waals surface area contributed by atoms with Crippen LogP contribution in [0.3, 0.4) is 0 Å². The molecule has 1 atom stereocenters. The molecular formula is C22H30N2. The molecule has 24 heavy (non-hydrogen) atoms. The quantitative estimate of drug-likeness (QED) is 0.733. The fourth-order valence-electron chi connectivity index (χ4n) is 3.29. The summed E-state index contributed by atoms with van der Waals surface area (Å²) in [6, 6.07) is 23.0. The van der Waals surface area contributed by atoms with Crippen molar-refractivity contribution in [2.45, 2.75) is 51.9 Å². The zero-order valence-electron chi connectivity index (χ0n) is 15.0. The topological polar surface area (TPSA) is 15.3 Å². The molecule has 0 aromatic heterocycles. The third kappa shape index (κ3) is 5.19.